The van der Waals surface area contributed by atoms with Gasteiger partial charge in [0.15, 0.2) is 0 Å². The highest BCUT2D eigenvalue weighted by Crippen LogP contribution is 2.30. The summed E-state index contributed by atoms with van der Waals surface area (Å²) in [6.07, 6.45) is 1.86. The van der Waals surface area contributed by atoms with Crippen molar-refractivity contribution in [3.05, 3.63) is 59.2 Å². The minimum Gasteiger partial charge on any atom is -0.489 e. The van der Waals surface area contributed by atoms with E-state index in [1.54, 1.807) is 18.2 Å². The number of benzene rings is 2. The summed E-state index contributed by atoms with van der Waals surface area (Å²) in [6, 6.07) is 13.3. The summed E-state index contributed by atoms with van der Waals surface area (Å²) in [7, 11) is 0. The fraction of sp³-hybridized carbons (Fsp3) is 0.391. The molecule has 6 nitrogen and oxygen atoms in total. The van der Waals surface area contributed by atoms with Crippen LogP contribution in [0.3, 0.4) is 0 Å². The molecule has 1 fully saturated rings. The highest BCUT2D eigenvalue weighted by molar-refractivity contribution is 5.96. The molecule has 0 spiro atoms. The van der Waals surface area contributed by atoms with Crippen LogP contribution in [0.1, 0.15) is 54.6 Å². The number of likely N-dealkylation sites (tertiary alicyclic amines) is 1. The zero-order valence-corrected chi connectivity index (χ0v) is 17.3. The maximum atomic E-state index is 12.8. The molecule has 0 aromatic heterocycles. The molecule has 6 heteroatoms. The van der Waals surface area contributed by atoms with Gasteiger partial charge in [0, 0.05) is 24.6 Å². The molecule has 1 saturated heterocycles. The first-order chi connectivity index (χ1) is 13.9. The molecule has 1 heterocycles. The van der Waals surface area contributed by atoms with Crippen molar-refractivity contribution in [3.63, 3.8) is 0 Å². The number of carbonyl (C=O) groups excluding carboxylic acids is 2. The Bertz CT molecular complexity index is 877. The van der Waals surface area contributed by atoms with E-state index in [1.165, 1.54) is 11.1 Å². The SMILES string of the molecule is CCc1ccc(C2CCN(C(=O)Nc3ccc(C(N)=O)cc3OC(C)C)C2)cc1. The predicted octanol–water partition coefficient (Wildman–Crippen LogP) is 4.16. The number of hydrogen-bond acceptors (Lipinski definition) is 3. The molecule has 3 N–H and O–H groups in total. The third kappa shape index (κ3) is 5.08. The fourth-order valence-electron chi connectivity index (χ4n) is 3.57. The number of nitrogens with one attached hydrogen (secondary N) is 1. The number of anilines is 1. The molecular formula is C23H29N3O3. The first kappa shape index (κ1) is 20.7. The smallest absolute Gasteiger partial charge is 0.321 e. The van der Waals surface area contributed by atoms with Gasteiger partial charge in [0.05, 0.1) is 11.8 Å². The van der Waals surface area contributed by atoms with Crippen LogP contribution in [-0.2, 0) is 6.42 Å². The summed E-state index contributed by atoms with van der Waals surface area (Å²) >= 11 is 0. The van der Waals surface area contributed by atoms with Gasteiger partial charge in [-0.25, -0.2) is 4.79 Å². The fourth-order valence-corrected chi connectivity index (χ4v) is 3.57. The molecule has 2 aromatic carbocycles. The van der Waals surface area contributed by atoms with E-state index in [2.05, 4.69) is 36.5 Å². The summed E-state index contributed by atoms with van der Waals surface area (Å²) in [5.74, 6) is 0.249. The Labute approximate surface area is 172 Å². The maximum Gasteiger partial charge on any atom is 0.321 e. The average molecular weight is 396 g/mol. The van der Waals surface area contributed by atoms with Crippen LogP contribution >= 0.6 is 0 Å². The third-order valence-corrected chi connectivity index (χ3v) is 5.21. The van der Waals surface area contributed by atoms with Gasteiger partial charge in [-0.05, 0) is 56.0 Å². The molecule has 0 aliphatic carbocycles. The second-order valence-electron chi connectivity index (χ2n) is 7.70. The molecule has 1 aliphatic heterocycles. The van der Waals surface area contributed by atoms with Gasteiger partial charge in [-0.3, -0.25) is 4.79 Å². The molecule has 3 rings (SSSR count). The van der Waals surface area contributed by atoms with Gasteiger partial charge in [0.25, 0.3) is 0 Å². The van der Waals surface area contributed by atoms with Gasteiger partial charge in [0.1, 0.15) is 5.75 Å². The quantitative estimate of drug-likeness (QED) is 0.770. The van der Waals surface area contributed by atoms with Crippen molar-refractivity contribution in [3.8, 4) is 5.75 Å². The van der Waals surface area contributed by atoms with Crippen molar-refractivity contribution in [1.82, 2.24) is 4.90 Å². The van der Waals surface area contributed by atoms with Crippen LogP contribution in [0.4, 0.5) is 10.5 Å². The number of aryl methyl sites for hydroxylation is 1. The normalized spacial score (nSPS) is 16.1. The summed E-state index contributed by atoms with van der Waals surface area (Å²) < 4.78 is 5.77. The van der Waals surface area contributed by atoms with Crippen LogP contribution in [0.5, 0.6) is 5.75 Å². The van der Waals surface area contributed by atoms with Crippen LogP contribution in [0.2, 0.25) is 0 Å². The summed E-state index contributed by atoms with van der Waals surface area (Å²) in [5, 5.41) is 2.92. The topological polar surface area (TPSA) is 84.7 Å². The van der Waals surface area contributed by atoms with Gasteiger partial charge in [-0.1, -0.05) is 31.2 Å². The van der Waals surface area contributed by atoms with Crippen LogP contribution in [-0.4, -0.2) is 36.0 Å². The van der Waals surface area contributed by atoms with E-state index < -0.39 is 5.91 Å². The second kappa shape index (κ2) is 8.99. The van der Waals surface area contributed by atoms with Crippen molar-refractivity contribution >= 4 is 17.6 Å². The first-order valence-electron chi connectivity index (χ1n) is 10.1. The van der Waals surface area contributed by atoms with Crippen molar-refractivity contribution in [1.29, 1.82) is 0 Å². The lowest BCUT2D eigenvalue weighted by molar-refractivity contribution is 0.0999. The number of hydrogen-bond donors (Lipinski definition) is 2. The average Bonchev–Trinajstić information content (AvgIpc) is 3.19. The summed E-state index contributed by atoms with van der Waals surface area (Å²) in [5.41, 5.74) is 8.83. The lowest BCUT2D eigenvalue weighted by atomic mass is 9.97. The summed E-state index contributed by atoms with van der Waals surface area (Å²) in [6.45, 7) is 7.29. The Kier molecular flexibility index (Phi) is 6.42. The second-order valence-corrected chi connectivity index (χ2v) is 7.70. The van der Waals surface area contributed by atoms with Crippen molar-refractivity contribution in [2.45, 2.75) is 45.6 Å². The number of nitrogens with zero attached hydrogens (tertiary/aromatic N) is 1. The van der Waals surface area contributed by atoms with Gasteiger partial charge < -0.3 is 20.7 Å². The highest BCUT2D eigenvalue weighted by atomic mass is 16.5. The number of rotatable bonds is 6. The van der Waals surface area contributed by atoms with Crippen molar-refractivity contribution < 1.29 is 14.3 Å². The molecule has 0 radical (unpaired) electrons. The number of carbonyl (C=O) groups is 2. The number of ether oxygens (including phenoxy) is 1. The number of amides is 3. The molecular weight excluding hydrogens is 366 g/mol. The van der Waals surface area contributed by atoms with Crippen LogP contribution in [0.15, 0.2) is 42.5 Å². The molecule has 3 amide bonds. The van der Waals surface area contributed by atoms with Gasteiger partial charge >= 0.3 is 6.03 Å². The molecule has 29 heavy (non-hydrogen) atoms. The molecule has 2 aromatic rings. The zero-order valence-electron chi connectivity index (χ0n) is 17.3. The van der Waals surface area contributed by atoms with E-state index in [0.29, 0.717) is 36.0 Å². The van der Waals surface area contributed by atoms with E-state index >= 15 is 0 Å². The molecule has 1 aliphatic rings. The Hall–Kier alpha value is -3.02. The molecule has 1 unspecified atom stereocenters. The molecule has 1 atom stereocenters. The Morgan fingerprint density at radius 3 is 2.55 bits per heavy atom. The number of urea groups is 1. The molecule has 154 valence electrons. The Morgan fingerprint density at radius 1 is 1.21 bits per heavy atom. The van der Waals surface area contributed by atoms with Gasteiger partial charge in [-0.2, -0.15) is 0 Å². The Morgan fingerprint density at radius 2 is 1.93 bits per heavy atom. The monoisotopic (exact) mass is 395 g/mol. The first-order valence-corrected chi connectivity index (χ1v) is 10.1. The van der Waals surface area contributed by atoms with E-state index in [-0.39, 0.29) is 12.1 Å². The van der Waals surface area contributed by atoms with Gasteiger partial charge in [-0.15, -0.1) is 0 Å². The van der Waals surface area contributed by atoms with Crippen molar-refractivity contribution in [2.24, 2.45) is 5.73 Å². The van der Waals surface area contributed by atoms with Gasteiger partial charge in [0.2, 0.25) is 5.91 Å². The third-order valence-electron chi connectivity index (χ3n) is 5.21. The van der Waals surface area contributed by atoms with Crippen LogP contribution < -0.4 is 15.8 Å². The minimum absolute atomic E-state index is 0.101. The largest absolute Gasteiger partial charge is 0.489 e. The molecule has 0 saturated carbocycles. The maximum absolute atomic E-state index is 12.8. The van der Waals surface area contributed by atoms with E-state index in [4.69, 9.17) is 10.5 Å². The lowest BCUT2D eigenvalue weighted by Gasteiger charge is -2.20. The van der Waals surface area contributed by atoms with Crippen LogP contribution in [0.25, 0.3) is 0 Å². The number of primary amides is 1. The van der Waals surface area contributed by atoms with E-state index in [0.717, 1.165) is 12.8 Å². The minimum atomic E-state index is -0.534. The highest BCUT2D eigenvalue weighted by Gasteiger charge is 2.28. The Balaban J connectivity index is 1.69. The standard InChI is InChI=1S/C23H29N3O3/c1-4-16-5-7-17(8-6-16)19-11-12-26(14-19)23(28)25-20-10-9-18(22(24)27)13-21(20)29-15(2)3/h5-10,13,15,19H,4,11-12,14H2,1-3H3,(H2,24,27)(H,25,28). The summed E-state index contributed by atoms with van der Waals surface area (Å²) in [4.78, 5) is 26.1. The van der Waals surface area contributed by atoms with Crippen molar-refractivity contribution in [2.75, 3.05) is 18.4 Å². The zero-order chi connectivity index (χ0) is 21.0. The van der Waals surface area contributed by atoms with E-state index in [1.807, 2.05) is 18.7 Å². The van der Waals surface area contributed by atoms with E-state index in [9.17, 15) is 9.59 Å². The lowest BCUT2D eigenvalue weighted by Crippen LogP contribution is -2.33. The molecule has 0 bridgehead atoms. The number of nitrogens with two attached hydrogens (primary N) is 1. The predicted molar refractivity (Wildman–Crippen MR) is 114 cm³/mol. The van der Waals surface area contributed by atoms with Crippen LogP contribution in [0, 0.1) is 0 Å².